The Bertz CT molecular complexity index is 456. The SMILES string of the molecule is [CH-]=C/C=C\[CH-]c1ncc(OCC)c(N2CCCC2)n1.[K+]. The maximum atomic E-state index is 5.61. The van der Waals surface area contributed by atoms with Crippen molar-refractivity contribution in [1.29, 1.82) is 0 Å². The molecular weight excluding hydrogens is 277 g/mol. The molecule has 1 aliphatic rings. The zero-order valence-electron chi connectivity index (χ0n) is 12.2. The second-order valence-corrected chi connectivity index (χ2v) is 4.29. The molecule has 2 heterocycles. The molecule has 102 valence electrons. The van der Waals surface area contributed by atoms with Crippen molar-refractivity contribution in [3.63, 3.8) is 0 Å². The number of hydrogen-bond donors (Lipinski definition) is 0. The third kappa shape index (κ3) is 4.89. The van der Waals surface area contributed by atoms with Crippen molar-refractivity contribution in [2.45, 2.75) is 19.8 Å². The van der Waals surface area contributed by atoms with Crippen molar-refractivity contribution in [3.05, 3.63) is 43.2 Å². The number of hydrogen-bond acceptors (Lipinski definition) is 4. The number of anilines is 1. The van der Waals surface area contributed by atoms with E-state index in [-0.39, 0.29) is 51.4 Å². The van der Waals surface area contributed by atoms with E-state index < -0.39 is 0 Å². The monoisotopic (exact) mass is 296 g/mol. The summed E-state index contributed by atoms with van der Waals surface area (Å²) in [5.41, 5.74) is 0. The van der Waals surface area contributed by atoms with E-state index in [0.29, 0.717) is 12.4 Å². The van der Waals surface area contributed by atoms with E-state index in [9.17, 15) is 0 Å². The quantitative estimate of drug-likeness (QED) is 0.406. The summed E-state index contributed by atoms with van der Waals surface area (Å²) >= 11 is 0. The molecule has 1 aliphatic heterocycles. The van der Waals surface area contributed by atoms with Crippen LogP contribution in [0, 0.1) is 13.0 Å². The van der Waals surface area contributed by atoms with E-state index in [4.69, 9.17) is 11.3 Å². The second kappa shape index (κ2) is 9.58. The van der Waals surface area contributed by atoms with Crippen LogP contribution in [0.25, 0.3) is 0 Å². The molecule has 20 heavy (non-hydrogen) atoms. The summed E-state index contributed by atoms with van der Waals surface area (Å²) in [6.07, 6.45) is 11.0. The molecule has 0 amide bonds. The molecule has 4 nitrogen and oxygen atoms in total. The predicted octanol–water partition coefficient (Wildman–Crippen LogP) is -0.423. The van der Waals surface area contributed by atoms with Gasteiger partial charge in [0.05, 0.1) is 18.6 Å². The van der Waals surface area contributed by atoms with E-state index in [1.54, 1.807) is 12.3 Å². The summed E-state index contributed by atoms with van der Waals surface area (Å²) in [7, 11) is 0. The molecule has 1 saturated heterocycles. The van der Waals surface area contributed by atoms with Crippen LogP contribution >= 0.6 is 0 Å². The topological polar surface area (TPSA) is 38.2 Å². The molecule has 1 fully saturated rings. The first-order chi connectivity index (χ1) is 9.35. The van der Waals surface area contributed by atoms with Crippen LogP contribution < -0.4 is 61.0 Å². The molecule has 0 radical (unpaired) electrons. The third-order valence-electron chi connectivity index (χ3n) is 2.93. The maximum Gasteiger partial charge on any atom is 1.00 e. The Morgan fingerprint density at radius 2 is 2.20 bits per heavy atom. The van der Waals surface area contributed by atoms with Crippen LogP contribution in [-0.4, -0.2) is 29.7 Å². The minimum absolute atomic E-state index is 0. The molecule has 0 aliphatic carbocycles. The van der Waals surface area contributed by atoms with Crippen molar-refractivity contribution in [3.8, 4) is 5.75 Å². The Morgan fingerprint density at radius 3 is 2.85 bits per heavy atom. The Hall–Kier alpha value is -0.334. The van der Waals surface area contributed by atoms with Gasteiger partial charge in [0, 0.05) is 13.1 Å². The number of nitrogens with zero attached hydrogens (tertiary/aromatic N) is 3. The van der Waals surface area contributed by atoms with Crippen LogP contribution in [0.1, 0.15) is 25.6 Å². The van der Waals surface area contributed by atoms with E-state index in [1.165, 1.54) is 18.9 Å². The molecule has 0 atom stereocenters. The largest absolute Gasteiger partial charge is 1.00 e. The van der Waals surface area contributed by atoms with Crippen LogP contribution in [0.2, 0.25) is 0 Å². The summed E-state index contributed by atoms with van der Waals surface area (Å²) < 4.78 is 5.61. The van der Waals surface area contributed by atoms with Crippen molar-refractivity contribution in [2.75, 3.05) is 24.6 Å². The van der Waals surface area contributed by atoms with Crippen LogP contribution in [0.5, 0.6) is 5.75 Å². The molecular formula is C15H19KN3O-. The van der Waals surface area contributed by atoms with Gasteiger partial charge in [0.2, 0.25) is 0 Å². The fourth-order valence-electron chi connectivity index (χ4n) is 2.07. The van der Waals surface area contributed by atoms with Crippen LogP contribution in [0.3, 0.4) is 0 Å². The van der Waals surface area contributed by atoms with Crippen LogP contribution in [-0.2, 0) is 0 Å². The third-order valence-corrected chi connectivity index (χ3v) is 2.93. The summed E-state index contributed by atoms with van der Waals surface area (Å²) in [6, 6.07) is 0. The molecule has 5 heteroatoms. The van der Waals surface area contributed by atoms with E-state index in [1.807, 2.05) is 19.4 Å². The van der Waals surface area contributed by atoms with Gasteiger partial charge in [-0.2, -0.15) is 6.42 Å². The zero-order valence-corrected chi connectivity index (χ0v) is 15.4. The molecule has 0 aromatic carbocycles. The minimum Gasteiger partial charge on any atom is -0.488 e. The van der Waals surface area contributed by atoms with Crippen LogP contribution in [0.15, 0.2) is 24.4 Å². The summed E-state index contributed by atoms with van der Waals surface area (Å²) in [5, 5.41) is 0. The van der Waals surface area contributed by atoms with Gasteiger partial charge < -0.3 is 9.64 Å². The summed E-state index contributed by atoms with van der Waals surface area (Å²) in [6.45, 7) is 9.93. The number of allylic oxidation sites excluding steroid dienone is 3. The Labute approximate surface area is 163 Å². The van der Waals surface area contributed by atoms with Gasteiger partial charge in [0.1, 0.15) is 0 Å². The standard InChI is InChI=1S/C15H19N3O.K/c1-3-5-6-9-14-16-12-13(19-4-2)15(17-14)18-10-7-8-11-18;/h1,3,5-6,9,12H,4,7-8,10-11H2,2H3;/q-2;+1/b6-5-;. The van der Waals surface area contributed by atoms with Crippen molar-refractivity contribution in [2.24, 2.45) is 0 Å². The molecule has 0 N–H and O–H groups in total. The van der Waals surface area contributed by atoms with E-state index in [2.05, 4.69) is 14.9 Å². The van der Waals surface area contributed by atoms with Crippen molar-refractivity contribution >= 4 is 5.82 Å². The summed E-state index contributed by atoms with van der Waals surface area (Å²) in [5.74, 6) is 2.32. The smallest absolute Gasteiger partial charge is 0.488 e. The molecule has 0 unspecified atom stereocenters. The molecule has 0 spiro atoms. The predicted molar refractivity (Wildman–Crippen MR) is 76.1 cm³/mol. The van der Waals surface area contributed by atoms with Gasteiger partial charge in [-0.05, 0) is 19.8 Å². The normalized spacial score (nSPS) is 14.2. The molecule has 1 aromatic rings. The Kier molecular flexibility index (Phi) is 8.48. The Morgan fingerprint density at radius 1 is 1.45 bits per heavy atom. The van der Waals surface area contributed by atoms with Gasteiger partial charge >= 0.3 is 51.4 Å². The second-order valence-electron chi connectivity index (χ2n) is 4.29. The maximum absolute atomic E-state index is 5.61. The number of rotatable bonds is 6. The van der Waals surface area contributed by atoms with Gasteiger partial charge in [0.15, 0.2) is 11.6 Å². The average Bonchev–Trinajstić information content (AvgIpc) is 2.95. The van der Waals surface area contributed by atoms with Crippen LogP contribution in [0.4, 0.5) is 5.82 Å². The van der Waals surface area contributed by atoms with Gasteiger partial charge in [-0.3, -0.25) is 11.6 Å². The molecule has 1 aromatic heterocycles. The number of aromatic nitrogens is 2. The van der Waals surface area contributed by atoms with Gasteiger partial charge in [-0.1, -0.05) is 0 Å². The van der Waals surface area contributed by atoms with Gasteiger partial charge in [-0.25, -0.2) is 23.2 Å². The van der Waals surface area contributed by atoms with E-state index >= 15 is 0 Å². The first-order valence-electron chi connectivity index (χ1n) is 6.65. The fourth-order valence-corrected chi connectivity index (χ4v) is 2.07. The number of ether oxygens (including phenoxy) is 1. The van der Waals surface area contributed by atoms with Crippen molar-refractivity contribution in [1.82, 2.24) is 9.97 Å². The fraction of sp³-hybridized carbons (Fsp3) is 0.400. The molecule has 0 bridgehead atoms. The first kappa shape index (κ1) is 17.7. The summed E-state index contributed by atoms with van der Waals surface area (Å²) in [4.78, 5) is 11.1. The molecule has 0 saturated carbocycles. The minimum atomic E-state index is 0. The van der Waals surface area contributed by atoms with Gasteiger partial charge in [-0.15, -0.1) is 0 Å². The van der Waals surface area contributed by atoms with Gasteiger partial charge in [0.25, 0.3) is 0 Å². The van der Waals surface area contributed by atoms with E-state index in [0.717, 1.165) is 24.7 Å². The Balaban J connectivity index is 0.00000200. The molecule has 2 rings (SSSR count). The first-order valence-corrected chi connectivity index (χ1v) is 6.65. The average molecular weight is 296 g/mol. The van der Waals surface area contributed by atoms with Crippen molar-refractivity contribution < 1.29 is 56.1 Å². The zero-order chi connectivity index (χ0) is 13.5.